The molecule has 0 fully saturated rings. The first-order valence-electron chi connectivity index (χ1n) is 7.09. The van der Waals surface area contributed by atoms with E-state index in [1.165, 1.54) is 4.88 Å². The second-order valence-corrected chi connectivity index (χ2v) is 6.33. The minimum absolute atomic E-state index is 0.170. The van der Waals surface area contributed by atoms with Crippen LogP contribution in [0.25, 0.3) is 0 Å². The molecule has 1 aromatic rings. The quantitative estimate of drug-likeness (QED) is 0.756. The first kappa shape index (κ1) is 16.6. The molecule has 0 aliphatic carbocycles. The zero-order valence-electron chi connectivity index (χ0n) is 12.5. The predicted molar refractivity (Wildman–Crippen MR) is 81.6 cm³/mol. The van der Waals surface area contributed by atoms with Crippen LogP contribution in [0.15, 0.2) is 17.5 Å². The summed E-state index contributed by atoms with van der Waals surface area (Å²) in [5.74, 6) is 0. The van der Waals surface area contributed by atoms with Crippen molar-refractivity contribution in [3.8, 4) is 0 Å². The van der Waals surface area contributed by atoms with Gasteiger partial charge in [-0.3, -0.25) is 4.90 Å². The molecule has 19 heavy (non-hydrogen) atoms. The maximum absolute atomic E-state index is 10.1. The second kappa shape index (κ2) is 8.69. The van der Waals surface area contributed by atoms with Crippen LogP contribution < -0.4 is 0 Å². The van der Waals surface area contributed by atoms with Gasteiger partial charge >= 0.3 is 0 Å². The van der Waals surface area contributed by atoms with Gasteiger partial charge in [0.25, 0.3) is 0 Å². The third-order valence-electron chi connectivity index (χ3n) is 3.22. The van der Waals surface area contributed by atoms with Crippen LogP contribution in [0.5, 0.6) is 0 Å². The molecule has 0 amide bonds. The van der Waals surface area contributed by atoms with Crippen LogP contribution in [0.2, 0.25) is 0 Å². The molecule has 0 radical (unpaired) electrons. The Morgan fingerprint density at radius 3 is 2.63 bits per heavy atom. The monoisotopic (exact) mass is 285 g/mol. The highest BCUT2D eigenvalue weighted by Crippen LogP contribution is 2.15. The van der Waals surface area contributed by atoms with Crippen LogP contribution in [0.3, 0.4) is 0 Å². The topological polar surface area (TPSA) is 32.7 Å². The molecule has 0 bridgehead atoms. The minimum Gasteiger partial charge on any atom is -0.389 e. The minimum atomic E-state index is -0.420. The van der Waals surface area contributed by atoms with Gasteiger partial charge in [-0.1, -0.05) is 13.0 Å². The number of hydrogen-bond donors (Lipinski definition) is 1. The van der Waals surface area contributed by atoms with E-state index in [9.17, 15) is 5.11 Å². The van der Waals surface area contributed by atoms with E-state index in [1.807, 2.05) is 13.8 Å². The molecule has 0 saturated carbocycles. The number of hydrogen-bond acceptors (Lipinski definition) is 4. The summed E-state index contributed by atoms with van der Waals surface area (Å²) in [6.45, 7) is 10.4. The highest BCUT2D eigenvalue weighted by atomic mass is 32.1. The molecule has 0 saturated heterocycles. The van der Waals surface area contributed by atoms with Gasteiger partial charge < -0.3 is 9.84 Å². The Bertz CT molecular complexity index is 327. The molecule has 0 spiro atoms. The molecule has 0 unspecified atom stereocenters. The normalized spacial score (nSPS) is 15.1. The maximum atomic E-state index is 10.1. The molecule has 3 nitrogen and oxygen atoms in total. The lowest BCUT2D eigenvalue weighted by Gasteiger charge is -2.30. The lowest BCUT2D eigenvalue weighted by Crippen LogP contribution is -2.40. The van der Waals surface area contributed by atoms with Crippen molar-refractivity contribution in [2.45, 2.75) is 58.9 Å². The third kappa shape index (κ3) is 6.52. The van der Waals surface area contributed by atoms with E-state index in [1.54, 1.807) is 11.3 Å². The summed E-state index contributed by atoms with van der Waals surface area (Å²) < 4.78 is 5.48. The first-order chi connectivity index (χ1) is 9.02. The Morgan fingerprint density at radius 2 is 2.11 bits per heavy atom. The SMILES string of the molecule is CC[C@@H](C)N(Cc1cccs1)C[C@H](O)COC(C)C. The Kier molecular flexibility index (Phi) is 7.61. The number of thiophene rings is 1. The second-order valence-electron chi connectivity index (χ2n) is 5.30. The van der Waals surface area contributed by atoms with Crippen LogP contribution in [0.1, 0.15) is 39.0 Å². The smallest absolute Gasteiger partial charge is 0.0900 e. The highest BCUT2D eigenvalue weighted by molar-refractivity contribution is 7.09. The van der Waals surface area contributed by atoms with E-state index in [0.29, 0.717) is 19.2 Å². The molecule has 110 valence electrons. The first-order valence-corrected chi connectivity index (χ1v) is 7.97. The van der Waals surface area contributed by atoms with Crippen LogP contribution in [0.4, 0.5) is 0 Å². The molecule has 0 aromatic carbocycles. The van der Waals surface area contributed by atoms with E-state index < -0.39 is 6.10 Å². The molecule has 4 heteroatoms. The van der Waals surface area contributed by atoms with Crippen molar-refractivity contribution in [3.05, 3.63) is 22.4 Å². The Balaban J connectivity index is 2.49. The van der Waals surface area contributed by atoms with E-state index in [-0.39, 0.29) is 6.10 Å². The van der Waals surface area contributed by atoms with E-state index >= 15 is 0 Å². The number of aliphatic hydroxyl groups excluding tert-OH is 1. The van der Waals surface area contributed by atoms with Crippen LogP contribution >= 0.6 is 11.3 Å². The largest absolute Gasteiger partial charge is 0.389 e. The summed E-state index contributed by atoms with van der Waals surface area (Å²) in [7, 11) is 0. The summed E-state index contributed by atoms with van der Waals surface area (Å²) in [5.41, 5.74) is 0. The molecule has 2 atom stereocenters. The lowest BCUT2D eigenvalue weighted by atomic mass is 10.2. The maximum Gasteiger partial charge on any atom is 0.0900 e. The summed E-state index contributed by atoms with van der Waals surface area (Å²) in [6.07, 6.45) is 0.837. The van der Waals surface area contributed by atoms with Gasteiger partial charge in [-0.2, -0.15) is 0 Å². The van der Waals surface area contributed by atoms with Crippen molar-refractivity contribution in [2.24, 2.45) is 0 Å². The summed E-state index contributed by atoms with van der Waals surface area (Å²) >= 11 is 1.77. The van der Waals surface area contributed by atoms with Gasteiger partial charge in [-0.25, -0.2) is 0 Å². The Labute approximate surface area is 121 Å². The van der Waals surface area contributed by atoms with E-state index in [0.717, 1.165) is 13.0 Å². The fourth-order valence-corrected chi connectivity index (χ4v) is 2.62. The van der Waals surface area contributed by atoms with Gasteiger partial charge in [0, 0.05) is 24.0 Å². The average Bonchev–Trinajstić information content (AvgIpc) is 2.87. The molecular weight excluding hydrogens is 258 g/mol. The average molecular weight is 285 g/mol. The molecular formula is C15H27NO2S. The van der Waals surface area contributed by atoms with Gasteiger partial charge in [0.15, 0.2) is 0 Å². The van der Waals surface area contributed by atoms with Gasteiger partial charge in [0.1, 0.15) is 0 Å². The van der Waals surface area contributed by atoms with Gasteiger partial charge in [-0.15, -0.1) is 11.3 Å². The van der Waals surface area contributed by atoms with Crippen molar-refractivity contribution < 1.29 is 9.84 Å². The van der Waals surface area contributed by atoms with Crippen LogP contribution in [-0.4, -0.2) is 41.4 Å². The number of ether oxygens (including phenoxy) is 1. The van der Waals surface area contributed by atoms with Gasteiger partial charge in [-0.05, 0) is 38.6 Å². The molecule has 1 rings (SSSR count). The van der Waals surface area contributed by atoms with Crippen molar-refractivity contribution in [1.82, 2.24) is 4.90 Å². The van der Waals surface area contributed by atoms with Crippen LogP contribution in [-0.2, 0) is 11.3 Å². The zero-order chi connectivity index (χ0) is 14.3. The Hall–Kier alpha value is -0.420. The molecule has 1 heterocycles. The van der Waals surface area contributed by atoms with Crippen molar-refractivity contribution in [3.63, 3.8) is 0 Å². The Morgan fingerprint density at radius 1 is 1.37 bits per heavy atom. The molecule has 1 aromatic heterocycles. The third-order valence-corrected chi connectivity index (χ3v) is 4.08. The summed E-state index contributed by atoms with van der Waals surface area (Å²) in [4.78, 5) is 3.68. The highest BCUT2D eigenvalue weighted by Gasteiger charge is 2.17. The predicted octanol–water partition coefficient (Wildman–Crippen LogP) is 3.13. The summed E-state index contributed by atoms with van der Waals surface area (Å²) in [5, 5.41) is 12.2. The standard InChI is InChI=1S/C15H27NO2S/c1-5-13(4)16(10-15-7-6-8-19-15)9-14(17)11-18-12(2)3/h6-8,12-14,17H,5,9-11H2,1-4H3/t13-,14+/m1/s1. The van der Waals surface area contributed by atoms with Crippen LogP contribution in [0, 0.1) is 0 Å². The molecule has 0 aliphatic rings. The molecule has 0 aliphatic heterocycles. The number of rotatable bonds is 9. The number of nitrogens with zero attached hydrogens (tertiary/aromatic N) is 1. The van der Waals surface area contributed by atoms with E-state index in [2.05, 4.69) is 36.3 Å². The van der Waals surface area contributed by atoms with Crippen molar-refractivity contribution >= 4 is 11.3 Å². The van der Waals surface area contributed by atoms with Crippen molar-refractivity contribution in [2.75, 3.05) is 13.2 Å². The zero-order valence-corrected chi connectivity index (χ0v) is 13.3. The van der Waals surface area contributed by atoms with Crippen molar-refractivity contribution in [1.29, 1.82) is 0 Å². The lowest BCUT2D eigenvalue weighted by molar-refractivity contribution is -0.0147. The van der Waals surface area contributed by atoms with E-state index in [4.69, 9.17) is 4.74 Å². The number of aliphatic hydroxyl groups is 1. The molecule has 1 N–H and O–H groups in total. The van der Waals surface area contributed by atoms with Gasteiger partial charge in [0.05, 0.1) is 18.8 Å². The summed E-state index contributed by atoms with van der Waals surface area (Å²) in [6, 6.07) is 4.69. The fraction of sp³-hybridized carbons (Fsp3) is 0.733. The van der Waals surface area contributed by atoms with Gasteiger partial charge in [0.2, 0.25) is 0 Å². The fourth-order valence-electron chi connectivity index (χ4n) is 1.89.